The first-order valence-corrected chi connectivity index (χ1v) is 4.58. The summed E-state index contributed by atoms with van der Waals surface area (Å²) in [5, 5.41) is 3.58. The highest BCUT2D eigenvalue weighted by molar-refractivity contribution is 6.30. The van der Waals surface area contributed by atoms with Crippen molar-refractivity contribution in [2.24, 2.45) is 0 Å². The number of ether oxygens (including phenoxy) is 1. The Morgan fingerprint density at radius 2 is 2.38 bits per heavy atom. The first-order chi connectivity index (χ1) is 6.20. The van der Waals surface area contributed by atoms with Gasteiger partial charge >= 0.3 is 0 Å². The van der Waals surface area contributed by atoms with Gasteiger partial charge in [0.2, 0.25) is 0 Å². The van der Waals surface area contributed by atoms with Crippen LogP contribution in [0.15, 0.2) is 18.3 Å². The van der Waals surface area contributed by atoms with Crippen LogP contribution in [0.3, 0.4) is 0 Å². The summed E-state index contributed by atoms with van der Waals surface area (Å²) in [6, 6.07) is 3.65. The summed E-state index contributed by atoms with van der Waals surface area (Å²) >= 11 is 5.85. The summed E-state index contributed by atoms with van der Waals surface area (Å²) in [5.74, 6) is 0.660. The van der Waals surface area contributed by atoms with Crippen molar-refractivity contribution < 1.29 is 4.74 Å². The lowest BCUT2D eigenvalue weighted by Crippen LogP contribution is -2.61. The van der Waals surface area contributed by atoms with Gasteiger partial charge in [0, 0.05) is 19.3 Å². The number of aromatic nitrogens is 1. The van der Waals surface area contributed by atoms with Gasteiger partial charge in [-0.05, 0) is 19.1 Å². The summed E-state index contributed by atoms with van der Waals surface area (Å²) in [6.07, 6.45) is 1.65. The Morgan fingerprint density at radius 1 is 1.62 bits per heavy atom. The van der Waals surface area contributed by atoms with E-state index in [1.807, 2.05) is 19.1 Å². The first-order valence-electron chi connectivity index (χ1n) is 4.20. The van der Waals surface area contributed by atoms with Crippen molar-refractivity contribution in [2.75, 3.05) is 13.1 Å². The van der Waals surface area contributed by atoms with Crippen molar-refractivity contribution in [3.05, 3.63) is 23.5 Å². The zero-order valence-electron chi connectivity index (χ0n) is 7.38. The molecule has 1 fully saturated rings. The molecule has 1 N–H and O–H groups in total. The van der Waals surface area contributed by atoms with Crippen LogP contribution in [0, 0.1) is 0 Å². The van der Waals surface area contributed by atoms with Crippen LogP contribution in [0.2, 0.25) is 5.15 Å². The maximum atomic E-state index is 5.85. The molecule has 0 atom stereocenters. The van der Waals surface area contributed by atoms with E-state index in [1.165, 1.54) is 0 Å². The molecule has 2 rings (SSSR count). The van der Waals surface area contributed by atoms with E-state index in [0.29, 0.717) is 10.9 Å². The molecule has 1 aliphatic heterocycles. The van der Waals surface area contributed by atoms with Gasteiger partial charge in [-0.1, -0.05) is 11.6 Å². The van der Waals surface area contributed by atoms with E-state index in [9.17, 15) is 0 Å². The van der Waals surface area contributed by atoms with E-state index < -0.39 is 0 Å². The van der Waals surface area contributed by atoms with E-state index in [0.717, 1.165) is 13.1 Å². The van der Waals surface area contributed by atoms with Crippen LogP contribution in [0.5, 0.6) is 5.75 Å². The largest absolute Gasteiger partial charge is 0.482 e. The van der Waals surface area contributed by atoms with Gasteiger partial charge < -0.3 is 10.1 Å². The zero-order chi connectivity index (χ0) is 9.31. The van der Waals surface area contributed by atoms with Crippen LogP contribution < -0.4 is 10.1 Å². The van der Waals surface area contributed by atoms with Gasteiger partial charge in [0.05, 0.1) is 0 Å². The van der Waals surface area contributed by atoms with E-state index in [1.54, 1.807) is 6.20 Å². The SMILES string of the molecule is CC1(Oc2cccnc2Cl)CNC1. The number of hydrogen-bond donors (Lipinski definition) is 1. The molecule has 0 saturated carbocycles. The molecule has 13 heavy (non-hydrogen) atoms. The van der Waals surface area contributed by atoms with Crippen molar-refractivity contribution in [2.45, 2.75) is 12.5 Å². The van der Waals surface area contributed by atoms with E-state index >= 15 is 0 Å². The summed E-state index contributed by atoms with van der Waals surface area (Å²) in [7, 11) is 0. The molecule has 70 valence electrons. The van der Waals surface area contributed by atoms with Crippen LogP contribution in [0.25, 0.3) is 0 Å². The van der Waals surface area contributed by atoms with Crippen molar-refractivity contribution in [3.8, 4) is 5.75 Å². The molecule has 0 unspecified atom stereocenters. The van der Waals surface area contributed by atoms with Gasteiger partial charge in [-0.2, -0.15) is 0 Å². The fourth-order valence-electron chi connectivity index (χ4n) is 1.26. The van der Waals surface area contributed by atoms with Crippen LogP contribution in [0.1, 0.15) is 6.92 Å². The lowest BCUT2D eigenvalue weighted by Gasteiger charge is -2.39. The summed E-state index contributed by atoms with van der Waals surface area (Å²) in [6.45, 7) is 3.77. The number of hydrogen-bond acceptors (Lipinski definition) is 3. The second-order valence-electron chi connectivity index (χ2n) is 3.45. The van der Waals surface area contributed by atoms with Crippen molar-refractivity contribution in [3.63, 3.8) is 0 Å². The maximum absolute atomic E-state index is 5.85. The lowest BCUT2D eigenvalue weighted by molar-refractivity contribution is 0.0346. The average molecular weight is 199 g/mol. The smallest absolute Gasteiger partial charge is 0.171 e. The summed E-state index contributed by atoms with van der Waals surface area (Å²) in [5.41, 5.74) is -0.118. The van der Waals surface area contributed by atoms with Crippen LogP contribution in [-0.4, -0.2) is 23.7 Å². The average Bonchev–Trinajstić information content (AvgIpc) is 2.06. The lowest BCUT2D eigenvalue weighted by atomic mass is 10.0. The zero-order valence-corrected chi connectivity index (χ0v) is 8.14. The quantitative estimate of drug-likeness (QED) is 0.731. The molecule has 2 heterocycles. The Kier molecular flexibility index (Phi) is 2.14. The molecule has 0 radical (unpaired) electrons. The minimum atomic E-state index is -0.118. The number of pyridine rings is 1. The Labute approximate surface area is 82.1 Å². The van der Waals surface area contributed by atoms with Crippen LogP contribution in [-0.2, 0) is 0 Å². The number of nitrogens with one attached hydrogen (secondary N) is 1. The van der Waals surface area contributed by atoms with Gasteiger partial charge in [-0.3, -0.25) is 0 Å². The van der Waals surface area contributed by atoms with Gasteiger partial charge in [0.25, 0.3) is 0 Å². The fraction of sp³-hybridized carbons (Fsp3) is 0.444. The molecule has 0 aliphatic carbocycles. The Balaban J connectivity index is 2.13. The third-order valence-corrected chi connectivity index (χ3v) is 2.36. The normalized spacial score (nSPS) is 19.2. The molecule has 1 saturated heterocycles. The highest BCUT2D eigenvalue weighted by Crippen LogP contribution is 2.26. The summed E-state index contributed by atoms with van der Waals surface area (Å²) in [4.78, 5) is 3.94. The van der Waals surface area contributed by atoms with Crippen LogP contribution >= 0.6 is 11.6 Å². The highest BCUT2D eigenvalue weighted by Gasteiger charge is 2.34. The van der Waals surface area contributed by atoms with E-state index in [-0.39, 0.29) is 5.60 Å². The third kappa shape index (κ3) is 1.76. The third-order valence-electron chi connectivity index (χ3n) is 2.08. The molecule has 1 aromatic rings. The fourth-order valence-corrected chi connectivity index (χ4v) is 1.42. The van der Waals surface area contributed by atoms with Gasteiger partial charge in [-0.25, -0.2) is 4.98 Å². The summed E-state index contributed by atoms with van der Waals surface area (Å²) < 4.78 is 5.71. The van der Waals surface area contributed by atoms with Gasteiger partial charge in [-0.15, -0.1) is 0 Å². The van der Waals surface area contributed by atoms with E-state index in [4.69, 9.17) is 16.3 Å². The van der Waals surface area contributed by atoms with Crippen molar-refractivity contribution in [1.29, 1.82) is 0 Å². The number of nitrogens with zero attached hydrogens (tertiary/aromatic N) is 1. The Morgan fingerprint density at radius 3 is 2.92 bits per heavy atom. The number of rotatable bonds is 2. The first kappa shape index (κ1) is 8.78. The predicted octanol–water partition coefficient (Wildman–Crippen LogP) is 1.48. The molecule has 0 bridgehead atoms. The molecule has 0 amide bonds. The monoisotopic (exact) mass is 198 g/mol. The minimum absolute atomic E-state index is 0.118. The topological polar surface area (TPSA) is 34.1 Å². The Hall–Kier alpha value is -0.800. The molecule has 1 aromatic heterocycles. The van der Waals surface area contributed by atoms with Crippen molar-refractivity contribution in [1.82, 2.24) is 10.3 Å². The molecule has 3 nitrogen and oxygen atoms in total. The standard InChI is InChI=1S/C9H11ClN2O/c1-9(5-11-6-9)13-7-3-2-4-12-8(7)10/h2-4,11H,5-6H2,1H3. The van der Waals surface area contributed by atoms with Crippen molar-refractivity contribution >= 4 is 11.6 Å². The minimum Gasteiger partial charge on any atom is -0.482 e. The van der Waals surface area contributed by atoms with E-state index in [2.05, 4.69) is 10.3 Å². The molecule has 1 aliphatic rings. The second kappa shape index (κ2) is 3.16. The molecule has 0 spiro atoms. The van der Waals surface area contributed by atoms with Gasteiger partial charge in [0.15, 0.2) is 10.9 Å². The molecular weight excluding hydrogens is 188 g/mol. The molecule has 0 aromatic carbocycles. The Bertz CT molecular complexity index is 312. The number of halogens is 1. The molecular formula is C9H11ClN2O. The highest BCUT2D eigenvalue weighted by atomic mass is 35.5. The maximum Gasteiger partial charge on any atom is 0.171 e. The predicted molar refractivity (Wildman–Crippen MR) is 51.1 cm³/mol. The van der Waals surface area contributed by atoms with Crippen LogP contribution in [0.4, 0.5) is 0 Å². The van der Waals surface area contributed by atoms with Gasteiger partial charge in [0.1, 0.15) is 5.60 Å². The second-order valence-corrected chi connectivity index (χ2v) is 3.81. The molecule has 4 heteroatoms.